The van der Waals surface area contributed by atoms with E-state index in [1.54, 1.807) is 6.08 Å². The highest BCUT2D eigenvalue weighted by Crippen LogP contribution is 2.48. The molecule has 3 aliphatic rings. The highest BCUT2D eigenvalue weighted by molar-refractivity contribution is 5.37. The standard InChI is InChI=1S/C25H32F2O/c1-2-11-28-24-10-9-22-15-21(7-8-23(22)16-24)20-6-5-18-12-17(13-25(26)27)3-4-19(18)14-20/h2,9-10,13,16-21H,1,3-8,11-12,14-15H2. The van der Waals surface area contributed by atoms with Crippen molar-refractivity contribution in [3.8, 4) is 5.75 Å². The van der Waals surface area contributed by atoms with E-state index in [4.69, 9.17) is 4.74 Å². The van der Waals surface area contributed by atoms with Crippen LogP contribution in [0.5, 0.6) is 5.75 Å². The zero-order valence-corrected chi connectivity index (χ0v) is 16.7. The molecule has 0 bridgehead atoms. The molecule has 2 saturated carbocycles. The predicted octanol–water partition coefficient (Wildman–Crippen LogP) is 6.97. The lowest BCUT2D eigenvalue weighted by Crippen LogP contribution is -2.34. The third-order valence-electron chi connectivity index (χ3n) is 7.53. The molecule has 1 aromatic rings. The quantitative estimate of drug-likeness (QED) is 0.497. The summed E-state index contributed by atoms with van der Waals surface area (Å²) in [5, 5.41) is 0. The van der Waals surface area contributed by atoms with E-state index >= 15 is 0 Å². The molecular formula is C25H32F2O. The molecule has 0 amide bonds. The van der Waals surface area contributed by atoms with Gasteiger partial charge >= 0.3 is 0 Å². The van der Waals surface area contributed by atoms with Gasteiger partial charge in [-0.15, -0.1) is 0 Å². The first-order chi connectivity index (χ1) is 13.6. The lowest BCUT2D eigenvalue weighted by atomic mass is 9.61. The molecule has 3 aliphatic carbocycles. The monoisotopic (exact) mass is 386 g/mol. The Hall–Kier alpha value is -1.64. The van der Waals surface area contributed by atoms with Crippen LogP contribution in [-0.4, -0.2) is 6.61 Å². The molecular weight excluding hydrogens is 354 g/mol. The van der Waals surface area contributed by atoms with E-state index in [1.807, 2.05) is 0 Å². The number of benzene rings is 1. The maximum atomic E-state index is 12.6. The first kappa shape index (κ1) is 19.7. The summed E-state index contributed by atoms with van der Waals surface area (Å²) in [6.45, 7) is 4.27. The number of fused-ring (bicyclic) bond motifs is 2. The third kappa shape index (κ3) is 4.50. The van der Waals surface area contributed by atoms with Crippen LogP contribution < -0.4 is 4.74 Å². The Morgan fingerprint density at radius 1 is 0.964 bits per heavy atom. The normalized spacial score (nSPS) is 32.0. The van der Waals surface area contributed by atoms with Crippen molar-refractivity contribution in [1.29, 1.82) is 0 Å². The van der Waals surface area contributed by atoms with Crippen LogP contribution in [0.25, 0.3) is 0 Å². The minimum Gasteiger partial charge on any atom is -0.490 e. The van der Waals surface area contributed by atoms with E-state index in [-0.39, 0.29) is 5.92 Å². The van der Waals surface area contributed by atoms with E-state index < -0.39 is 6.08 Å². The minimum absolute atomic E-state index is 0.113. The number of hydrogen-bond acceptors (Lipinski definition) is 1. The van der Waals surface area contributed by atoms with Crippen LogP contribution in [0.4, 0.5) is 8.78 Å². The summed E-state index contributed by atoms with van der Waals surface area (Å²) in [5.74, 6) is 4.11. The Labute approximate surface area is 167 Å². The van der Waals surface area contributed by atoms with Gasteiger partial charge in [0, 0.05) is 0 Å². The summed E-state index contributed by atoms with van der Waals surface area (Å²) < 4.78 is 30.9. The van der Waals surface area contributed by atoms with Crippen LogP contribution >= 0.6 is 0 Å². The van der Waals surface area contributed by atoms with Crippen LogP contribution in [0.3, 0.4) is 0 Å². The van der Waals surface area contributed by atoms with Gasteiger partial charge in [0.05, 0.1) is 0 Å². The van der Waals surface area contributed by atoms with Crippen molar-refractivity contribution in [1.82, 2.24) is 0 Å². The van der Waals surface area contributed by atoms with Gasteiger partial charge in [0.15, 0.2) is 0 Å². The molecule has 0 saturated heterocycles. The van der Waals surface area contributed by atoms with Crippen molar-refractivity contribution >= 4 is 0 Å². The smallest absolute Gasteiger partial charge is 0.266 e. The number of rotatable bonds is 5. The summed E-state index contributed by atoms with van der Waals surface area (Å²) >= 11 is 0. The number of aryl methyl sites for hydroxylation is 1. The van der Waals surface area contributed by atoms with Crippen LogP contribution in [0, 0.1) is 29.6 Å². The molecule has 3 heteroatoms. The molecule has 5 atom stereocenters. The van der Waals surface area contributed by atoms with Gasteiger partial charge in [-0.1, -0.05) is 18.7 Å². The Kier molecular flexibility index (Phi) is 6.18. The van der Waals surface area contributed by atoms with Crippen molar-refractivity contribution in [2.75, 3.05) is 6.61 Å². The van der Waals surface area contributed by atoms with Gasteiger partial charge in [0.25, 0.3) is 6.08 Å². The van der Waals surface area contributed by atoms with Crippen molar-refractivity contribution in [2.24, 2.45) is 29.6 Å². The molecule has 0 aromatic heterocycles. The van der Waals surface area contributed by atoms with Crippen LogP contribution in [-0.2, 0) is 12.8 Å². The van der Waals surface area contributed by atoms with Crippen molar-refractivity contribution < 1.29 is 13.5 Å². The summed E-state index contributed by atoms with van der Waals surface area (Å²) in [7, 11) is 0. The molecule has 5 unspecified atom stereocenters. The van der Waals surface area contributed by atoms with Gasteiger partial charge in [0.1, 0.15) is 12.4 Å². The van der Waals surface area contributed by atoms with Crippen LogP contribution in [0.2, 0.25) is 0 Å². The largest absolute Gasteiger partial charge is 0.490 e. The molecule has 0 heterocycles. The molecule has 2 fully saturated rings. The van der Waals surface area contributed by atoms with Gasteiger partial charge in [-0.3, -0.25) is 0 Å². The lowest BCUT2D eigenvalue weighted by Gasteiger charge is -2.44. The summed E-state index contributed by atoms with van der Waals surface area (Å²) in [6, 6.07) is 6.57. The molecule has 0 radical (unpaired) electrons. The molecule has 0 aliphatic heterocycles. The molecule has 4 rings (SSSR count). The summed E-state index contributed by atoms with van der Waals surface area (Å²) in [6.07, 6.45) is 12.0. The van der Waals surface area contributed by atoms with Gasteiger partial charge in [-0.2, -0.15) is 8.78 Å². The van der Waals surface area contributed by atoms with E-state index in [0.29, 0.717) is 12.5 Å². The molecule has 0 spiro atoms. The Morgan fingerprint density at radius 2 is 1.71 bits per heavy atom. The number of ether oxygens (including phenoxy) is 1. The maximum Gasteiger partial charge on any atom is 0.266 e. The Balaban J connectivity index is 1.34. The molecule has 1 nitrogen and oxygen atoms in total. The number of hydrogen-bond donors (Lipinski definition) is 0. The van der Waals surface area contributed by atoms with Crippen LogP contribution in [0.1, 0.15) is 56.1 Å². The van der Waals surface area contributed by atoms with E-state index in [1.165, 1.54) is 49.3 Å². The number of halogens is 2. The van der Waals surface area contributed by atoms with Gasteiger partial charge in [-0.05, 0) is 117 Å². The molecule has 152 valence electrons. The number of allylic oxidation sites excluding steroid dienone is 1. The van der Waals surface area contributed by atoms with Crippen molar-refractivity contribution in [3.05, 3.63) is 54.1 Å². The minimum atomic E-state index is -1.49. The van der Waals surface area contributed by atoms with E-state index in [0.717, 1.165) is 49.2 Å². The topological polar surface area (TPSA) is 9.23 Å². The first-order valence-corrected chi connectivity index (χ1v) is 11.0. The Bertz CT molecular complexity index is 721. The van der Waals surface area contributed by atoms with Crippen molar-refractivity contribution in [3.63, 3.8) is 0 Å². The molecule has 1 aromatic carbocycles. The first-order valence-electron chi connectivity index (χ1n) is 11.0. The fourth-order valence-corrected chi connectivity index (χ4v) is 6.13. The lowest BCUT2D eigenvalue weighted by molar-refractivity contribution is 0.0802. The second-order valence-electron chi connectivity index (χ2n) is 9.16. The maximum absolute atomic E-state index is 12.6. The highest BCUT2D eigenvalue weighted by atomic mass is 19.3. The average Bonchev–Trinajstić information content (AvgIpc) is 2.71. The Morgan fingerprint density at radius 3 is 2.50 bits per heavy atom. The van der Waals surface area contributed by atoms with Crippen LogP contribution in [0.15, 0.2) is 43.0 Å². The average molecular weight is 387 g/mol. The molecule has 28 heavy (non-hydrogen) atoms. The zero-order chi connectivity index (χ0) is 19.5. The SMILES string of the molecule is C=CCOc1ccc2c(c1)CCC(C1CCC3CC(C=C(F)F)CCC3C1)C2. The van der Waals surface area contributed by atoms with Gasteiger partial charge in [-0.25, -0.2) is 0 Å². The van der Waals surface area contributed by atoms with Gasteiger partial charge < -0.3 is 4.74 Å². The summed E-state index contributed by atoms with van der Waals surface area (Å²) in [5.41, 5.74) is 2.95. The van der Waals surface area contributed by atoms with Crippen molar-refractivity contribution in [2.45, 2.75) is 57.8 Å². The predicted molar refractivity (Wildman–Crippen MR) is 110 cm³/mol. The highest BCUT2D eigenvalue weighted by Gasteiger charge is 2.38. The third-order valence-corrected chi connectivity index (χ3v) is 7.53. The second kappa shape index (κ2) is 8.80. The zero-order valence-electron chi connectivity index (χ0n) is 16.7. The second-order valence-corrected chi connectivity index (χ2v) is 9.16. The fraction of sp³-hybridized carbons (Fsp3) is 0.600. The van der Waals surface area contributed by atoms with E-state index in [2.05, 4.69) is 24.8 Å². The fourth-order valence-electron chi connectivity index (χ4n) is 6.13. The summed E-state index contributed by atoms with van der Waals surface area (Å²) in [4.78, 5) is 0. The molecule has 0 N–H and O–H groups in total. The van der Waals surface area contributed by atoms with Gasteiger partial charge in [0.2, 0.25) is 0 Å². The van der Waals surface area contributed by atoms with E-state index in [9.17, 15) is 8.78 Å².